The van der Waals surface area contributed by atoms with E-state index in [0.29, 0.717) is 6.42 Å². The van der Waals surface area contributed by atoms with Gasteiger partial charge in [-0.05, 0) is 34.7 Å². The molecule has 1 aromatic carbocycles. The maximum atomic E-state index is 8.76. The average Bonchev–Trinajstić information content (AvgIpc) is 2.75. The van der Waals surface area contributed by atoms with Crippen molar-refractivity contribution in [1.82, 2.24) is 0 Å². The van der Waals surface area contributed by atoms with Crippen molar-refractivity contribution in [3.63, 3.8) is 0 Å². The minimum atomic E-state index is 0.442. The summed E-state index contributed by atoms with van der Waals surface area (Å²) in [5.74, 6) is 0. The van der Waals surface area contributed by atoms with E-state index in [1.165, 1.54) is 4.88 Å². The van der Waals surface area contributed by atoms with Crippen molar-refractivity contribution in [2.45, 2.75) is 12.8 Å². The van der Waals surface area contributed by atoms with Gasteiger partial charge in [0.1, 0.15) is 0 Å². The standard InChI is InChI=1S/C13H10ClNS/c14-12-4-3-10(5-6-15)11(8-12)9-13-2-1-7-16-13/h1-4,7-8H,5,9H2. The van der Waals surface area contributed by atoms with Crippen LogP contribution in [0.2, 0.25) is 5.02 Å². The first-order chi connectivity index (χ1) is 7.79. The Bertz CT molecular complexity index is 511. The van der Waals surface area contributed by atoms with Crippen molar-refractivity contribution in [2.24, 2.45) is 0 Å². The average molecular weight is 248 g/mol. The van der Waals surface area contributed by atoms with Gasteiger partial charge in [0.15, 0.2) is 0 Å². The number of nitriles is 1. The SMILES string of the molecule is N#CCc1ccc(Cl)cc1Cc1cccs1. The van der Waals surface area contributed by atoms with Gasteiger partial charge in [0, 0.05) is 16.3 Å². The summed E-state index contributed by atoms with van der Waals surface area (Å²) in [7, 11) is 0. The molecule has 0 radical (unpaired) electrons. The number of halogens is 1. The molecule has 1 nitrogen and oxygen atoms in total. The van der Waals surface area contributed by atoms with Crippen molar-refractivity contribution < 1.29 is 0 Å². The van der Waals surface area contributed by atoms with E-state index < -0.39 is 0 Å². The van der Waals surface area contributed by atoms with Gasteiger partial charge in [-0.3, -0.25) is 0 Å². The lowest BCUT2D eigenvalue weighted by Gasteiger charge is -2.06. The molecule has 0 aliphatic heterocycles. The smallest absolute Gasteiger partial charge is 0.0669 e. The van der Waals surface area contributed by atoms with E-state index in [2.05, 4.69) is 17.5 Å². The second kappa shape index (κ2) is 5.16. The van der Waals surface area contributed by atoms with Crippen molar-refractivity contribution >= 4 is 22.9 Å². The van der Waals surface area contributed by atoms with Gasteiger partial charge in [0.25, 0.3) is 0 Å². The minimum absolute atomic E-state index is 0.442. The molecular formula is C13H10ClNS. The monoisotopic (exact) mass is 247 g/mol. The molecule has 0 fully saturated rings. The summed E-state index contributed by atoms with van der Waals surface area (Å²) in [6.45, 7) is 0. The van der Waals surface area contributed by atoms with Crippen LogP contribution in [0.4, 0.5) is 0 Å². The molecule has 0 spiro atoms. The summed E-state index contributed by atoms with van der Waals surface area (Å²) in [4.78, 5) is 1.29. The van der Waals surface area contributed by atoms with E-state index in [-0.39, 0.29) is 0 Å². The van der Waals surface area contributed by atoms with Gasteiger partial charge in [0.05, 0.1) is 12.5 Å². The normalized spacial score (nSPS) is 10.0. The topological polar surface area (TPSA) is 23.8 Å². The molecule has 0 bridgehead atoms. The molecule has 2 aromatic rings. The van der Waals surface area contributed by atoms with E-state index in [9.17, 15) is 0 Å². The van der Waals surface area contributed by atoms with Crippen LogP contribution in [0.5, 0.6) is 0 Å². The van der Waals surface area contributed by atoms with Crippen LogP contribution in [0.1, 0.15) is 16.0 Å². The Kier molecular flexibility index (Phi) is 3.61. The lowest BCUT2D eigenvalue weighted by molar-refractivity contribution is 1.14. The maximum Gasteiger partial charge on any atom is 0.0669 e. The molecule has 80 valence electrons. The highest BCUT2D eigenvalue weighted by Crippen LogP contribution is 2.21. The van der Waals surface area contributed by atoms with Gasteiger partial charge in [-0.25, -0.2) is 0 Å². The molecule has 0 N–H and O–H groups in total. The summed E-state index contributed by atoms with van der Waals surface area (Å²) in [5, 5.41) is 11.5. The lowest BCUT2D eigenvalue weighted by Crippen LogP contribution is -1.93. The van der Waals surface area contributed by atoms with Crippen molar-refractivity contribution in [1.29, 1.82) is 5.26 Å². The summed E-state index contributed by atoms with van der Waals surface area (Å²) < 4.78 is 0. The number of rotatable bonds is 3. The summed E-state index contributed by atoms with van der Waals surface area (Å²) >= 11 is 7.70. The van der Waals surface area contributed by atoms with E-state index in [0.717, 1.165) is 22.6 Å². The molecule has 0 atom stereocenters. The predicted octanol–water partition coefficient (Wildman–Crippen LogP) is 4.06. The Hall–Kier alpha value is -1.30. The van der Waals surface area contributed by atoms with Crippen LogP contribution in [-0.2, 0) is 12.8 Å². The Balaban J connectivity index is 2.31. The first-order valence-electron chi connectivity index (χ1n) is 4.96. The molecule has 3 heteroatoms. The van der Waals surface area contributed by atoms with E-state index in [1.54, 1.807) is 11.3 Å². The molecule has 0 amide bonds. The molecule has 2 rings (SSSR count). The third-order valence-electron chi connectivity index (χ3n) is 2.38. The second-order valence-corrected chi connectivity index (χ2v) is 4.97. The Morgan fingerprint density at radius 2 is 2.12 bits per heavy atom. The fourth-order valence-electron chi connectivity index (χ4n) is 1.62. The first-order valence-corrected chi connectivity index (χ1v) is 6.22. The Labute approximate surface area is 104 Å². The second-order valence-electron chi connectivity index (χ2n) is 3.50. The lowest BCUT2D eigenvalue weighted by atomic mass is 10.0. The molecule has 1 heterocycles. The summed E-state index contributed by atoms with van der Waals surface area (Å²) in [6, 6.07) is 12.0. The van der Waals surface area contributed by atoms with E-state index in [4.69, 9.17) is 16.9 Å². The molecule has 0 aliphatic rings. The molecule has 16 heavy (non-hydrogen) atoms. The third kappa shape index (κ3) is 2.63. The number of benzene rings is 1. The Morgan fingerprint density at radius 1 is 1.25 bits per heavy atom. The van der Waals surface area contributed by atoms with Crippen molar-refractivity contribution in [3.05, 3.63) is 56.7 Å². The highest BCUT2D eigenvalue weighted by Gasteiger charge is 2.05. The van der Waals surface area contributed by atoms with Gasteiger partial charge in [-0.2, -0.15) is 5.26 Å². The van der Waals surface area contributed by atoms with Gasteiger partial charge in [-0.1, -0.05) is 23.7 Å². The van der Waals surface area contributed by atoms with Crippen LogP contribution >= 0.6 is 22.9 Å². The quantitative estimate of drug-likeness (QED) is 0.803. The first kappa shape index (κ1) is 11.2. The Morgan fingerprint density at radius 3 is 2.81 bits per heavy atom. The zero-order chi connectivity index (χ0) is 11.4. The molecule has 0 aliphatic carbocycles. The minimum Gasteiger partial charge on any atom is -0.198 e. The zero-order valence-corrected chi connectivity index (χ0v) is 10.2. The van der Waals surface area contributed by atoms with Crippen LogP contribution in [0.3, 0.4) is 0 Å². The largest absolute Gasteiger partial charge is 0.198 e. The van der Waals surface area contributed by atoms with Gasteiger partial charge < -0.3 is 0 Å². The zero-order valence-electron chi connectivity index (χ0n) is 8.61. The van der Waals surface area contributed by atoms with Gasteiger partial charge >= 0.3 is 0 Å². The molecule has 0 unspecified atom stereocenters. The highest BCUT2D eigenvalue weighted by molar-refractivity contribution is 7.09. The fraction of sp³-hybridized carbons (Fsp3) is 0.154. The van der Waals surface area contributed by atoms with Crippen LogP contribution in [0, 0.1) is 11.3 Å². The molecule has 0 saturated heterocycles. The number of hydrogen-bond acceptors (Lipinski definition) is 2. The van der Waals surface area contributed by atoms with Crippen LogP contribution in [0.25, 0.3) is 0 Å². The molecule has 1 aromatic heterocycles. The van der Waals surface area contributed by atoms with Crippen LogP contribution in [-0.4, -0.2) is 0 Å². The van der Waals surface area contributed by atoms with E-state index >= 15 is 0 Å². The van der Waals surface area contributed by atoms with E-state index in [1.807, 2.05) is 24.3 Å². The van der Waals surface area contributed by atoms with Crippen molar-refractivity contribution in [2.75, 3.05) is 0 Å². The predicted molar refractivity (Wildman–Crippen MR) is 67.9 cm³/mol. The maximum absolute atomic E-state index is 8.76. The fourth-order valence-corrected chi connectivity index (χ4v) is 2.54. The van der Waals surface area contributed by atoms with Crippen LogP contribution < -0.4 is 0 Å². The molecule has 0 saturated carbocycles. The van der Waals surface area contributed by atoms with Crippen molar-refractivity contribution in [3.8, 4) is 6.07 Å². The summed E-state index contributed by atoms with van der Waals surface area (Å²) in [6.07, 6.45) is 1.30. The van der Waals surface area contributed by atoms with Crippen LogP contribution in [0.15, 0.2) is 35.7 Å². The number of thiophene rings is 1. The van der Waals surface area contributed by atoms with Gasteiger partial charge in [-0.15, -0.1) is 11.3 Å². The third-order valence-corrected chi connectivity index (χ3v) is 3.49. The number of nitrogens with zero attached hydrogens (tertiary/aromatic N) is 1. The number of hydrogen-bond donors (Lipinski definition) is 0. The molecular weight excluding hydrogens is 238 g/mol. The van der Waals surface area contributed by atoms with Gasteiger partial charge in [0.2, 0.25) is 0 Å². The highest BCUT2D eigenvalue weighted by atomic mass is 35.5. The summed E-state index contributed by atoms with van der Waals surface area (Å²) in [5.41, 5.74) is 2.22.